The second-order valence-electron chi connectivity index (χ2n) is 3.05. The molecule has 0 aliphatic heterocycles. The van der Waals surface area contributed by atoms with Crippen molar-refractivity contribution in [3.8, 4) is 0 Å². The number of thiazole rings is 1. The summed E-state index contributed by atoms with van der Waals surface area (Å²) in [7, 11) is -3.66. The minimum atomic E-state index is -3.66. The van der Waals surface area contributed by atoms with Gasteiger partial charge < -0.3 is 0 Å². The third-order valence-corrected chi connectivity index (χ3v) is 4.92. The van der Waals surface area contributed by atoms with E-state index in [0.29, 0.717) is 0 Å². The molecule has 2 aromatic rings. The summed E-state index contributed by atoms with van der Waals surface area (Å²) in [5.41, 5.74) is 0. The molecular weight excluding hydrogens is 288 g/mol. The highest BCUT2D eigenvalue weighted by atomic mass is 35.5. The van der Waals surface area contributed by atoms with Crippen LogP contribution in [0.5, 0.6) is 0 Å². The van der Waals surface area contributed by atoms with Gasteiger partial charge in [-0.25, -0.2) is 13.4 Å². The van der Waals surface area contributed by atoms with Gasteiger partial charge in [-0.05, 0) is 6.92 Å². The lowest BCUT2D eigenvalue weighted by Gasteiger charge is -2.08. The molecule has 2 aromatic heterocycles. The van der Waals surface area contributed by atoms with Crippen molar-refractivity contribution in [1.82, 2.24) is 30.3 Å². The van der Waals surface area contributed by atoms with E-state index in [1.807, 2.05) is 0 Å². The lowest BCUT2D eigenvalue weighted by Crippen LogP contribution is -2.27. The molecule has 92 valence electrons. The molecule has 0 spiro atoms. The van der Waals surface area contributed by atoms with E-state index in [2.05, 4.69) is 30.3 Å². The van der Waals surface area contributed by atoms with Crippen LogP contribution in [0.1, 0.15) is 18.8 Å². The first-order valence-electron chi connectivity index (χ1n) is 4.36. The Morgan fingerprint density at radius 3 is 2.88 bits per heavy atom. The van der Waals surface area contributed by atoms with Crippen LogP contribution >= 0.6 is 22.9 Å². The van der Waals surface area contributed by atoms with E-state index in [0.717, 1.165) is 11.3 Å². The quantitative estimate of drug-likeness (QED) is 0.841. The average molecular weight is 295 g/mol. The number of tetrazole rings is 1. The fourth-order valence-corrected chi connectivity index (χ4v) is 3.57. The zero-order valence-corrected chi connectivity index (χ0v) is 10.8. The lowest BCUT2D eigenvalue weighted by molar-refractivity contribution is 0.562. The van der Waals surface area contributed by atoms with Gasteiger partial charge in [-0.2, -0.15) is 9.94 Å². The molecule has 0 fully saturated rings. The zero-order chi connectivity index (χ0) is 12.5. The van der Waals surface area contributed by atoms with Gasteiger partial charge in [0.15, 0.2) is 14.5 Å². The summed E-state index contributed by atoms with van der Waals surface area (Å²) < 4.78 is 26.3. The SMILES string of the molecule is CC(NS(=O)(=O)c1cnc(Cl)s1)c1nn[nH]n1. The molecule has 2 rings (SSSR count). The van der Waals surface area contributed by atoms with Gasteiger partial charge in [0.05, 0.1) is 12.2 Å². The van der Waals surface area contributed by atoms with E-state index in [-0.39, 0.29) is 14.5 Å². The summed E-state index contributed by atoms with van der Waals surface area (Å²) in [6, 6.07) is -0.598. The van der Waals surface area contributed by atoms with Gasteiger partial charge >= 0.3 is 0 Å². The Balaban J connectivity index is 2.18. The smallest absolute Gasteiger partial charge is 0.232 e. The fourth-order valence-electron chi connectivity index (χ4n) is 1.06. The van der Waals surface area contributed by atoms with Crippen LogP contribution in [0.25, 0.3) is 0 Å². The Morgan fingerprint density at radius 1 is 1.59 bits per heavy atom. The van der Waals surface area contributed by atoms with Crippen molar-refractivity contribution in [3.63, 3.8) is 0 Å². The molecule has 11 heteroatoms. The monoisotopic (exact) mass is 294 g/mol. The minimum Gasteiger partial charge on any atom is -0.232 e. The van der Waals surface area contributed by atoms with Crippen LogP contribution in [-0.2, 0) is 10.0 Å². The summed E-state index contributed by atoms with van der Waals surface area (Å²) in [5, 5.41) is 13.0. The summed E-state index contributed by atoms with van der Waals surface area (Å²) in [5.74, 6) is 0.254. The first kappa shape index (κ1) is 12.4. The number of aromatic nitrogens is 5. The summed E-state index contributed by atoms with van der Waals surface area (Å²) in [6.45, 7) is 1.60. The second-order valence-corrected chi connectivity index (χ2v) is 6.60. The molecule has 0 saturated carbocycles. The van der Waals surface area contributed by atoms with Gasteiger partial charge in [0, 0.05) is 0 Å². The number of nitrogens with one attached hydrogen (secondary N) is 2. The molecule has 17 heavy (non-hydrogen) atoms. The minimum absolute atomic E-state index is 0.0397. The molecule has 0 amide bonds. The highest BCUT2D eigenvalue weighted by Gasteiger charge is 2.22. The maximum absolute atomic E-state index is 11.9. The molecule has 0 aromatic carbocycles. The number of hydrogen-bond donors (Lipinski definition) is 2. The van der Waals surface area contributed by atoms with E-state index in [9.17, 15) is 8.42 Å². The van der Waals surface area contributed by atoms with Crippen molar-refractivity contribution < 1.29 is 8.42 Å². The molecule has 1 atom stereocenters. The van der Waals surface area contributed by atoms with Gasteiger partial charge in [0.25, 0.3) is 10.0 Å². The number of aromatic amines is 1. The molecule has 2 heterocycles. The Morgan fingerprint density at radius 2 is 2.35 bits per heavy atom. The lowest BCUT2D eigenvalue weighted by atomic mass is 10.4. The van der Waals surface area contributed by atoms with Crippen LogP contribution < -0.4 is 4.72 Å². The van der Waals surface area contributed by atoms with E-state index in [4.69, 9.17) is 11.6 Å². The number of nitrogens with zero attached hydrogens (tertiary/aromatic N) is 4. The zero-order valence-electron chi connectivity index (χ0n) is 8.45. The van der Waals surface area contributed by atoms with Crippen molar-refractivity contribution in [2.24, 2.45) is 0 Å². The fraction of sp³-hybridized carbons (Fsp3) is 0.333. The van der Waals surface area contributed by atoms with Crippen molar-refractivity contribution >= 4 is 33.0 Å². The molecule has 0 aliphatic carbocycles. The van der Waals surface area contributed by atoms with Gasteiger partial charge in [0.1, 0.15) is 0 Å². The number of sulfonamides is 1. The van der Waals surface area contributed by atoms with E-state index in [1.54, 1.807) is 6.92 Å². The molecular formula is C6H7ClN6O2S2. The van der Waals surface area contributed by atoms with Gasteiger partial charge in [0.2, 0.25) is 0 Å². The molecule has 0 saturated heterocycles. The summed E-state index contributed by atoms with van der Waals surface area (Å²) in [4.78, 5) is 3.67. The third kappa shape index (κ3) is 2.77. The predicted octanol–water partition coefficient (Wildman–Crippen LogP) is 0.349. The van der Waals surface area contributed by atoms with Crippen molar-refractivity contribution in [1.29, 1.82) is 0 Å². The second kappa shape index (κ2) is 4.64. The number of hydrogen-bond acceptors (Lipinski definition) is 7. The average Bonchev–Trinajstić information content (AvgIpc) is 2.86. The van der Waals surface area contributed by atoms with Crippen molar-refractivity contribution in [3.05, 3.63) is 16.5 Å². The topological polar surface area (TPSA) is 114 Å². The summed E-state index contributed by atoms with van der Waals surface area (Å²) in [6.07, 6.45) is 1.19. The van der Waals surface area contributed by atoms with E-state index in [1.165, 1.54) is 6.20 Å². The first-order chi connectivity index (χ1) is 7.99. The van der Waals surface area contributed by atoms with Crippen LogP contribution in [0, 0.1) is 0 Å². The van der Waals surface area contributed by atoms with Crippen LogP contribution in [0.2, 0.25) is 4.47 Å². The normalized spacial score (nSPS) is 13.8. The molecule has 0 bridgehead atoms. The summed E-state index contributed by atoms with van der Waals surface area (Å²) >= 11 is 6.45. The molecule has 1 unspecified atom stereocenters. The molecule has 0 aliphatic rings. The Bertz CT molecular complexity index is 594. The molecule has 2 N–H and O–H groups in total. The number of halogens is 1. The predicted molar refractivity (Wildman–Crippen MR) is 60.0 cm³/mol. The Hall–Kier alpha value is -1.10. The third-order valence-electron chi connectivity index (χ3n) is 1.80. The van der Waals surface area contributed by atoms with Crippen LogP contribution in [0.3, 0.4) is 0 Å². The standard InChI is InChI=1S/C6H7ClN6O2S2/c1-3(5-9-12-13-10-5)11-17(14,15)4-2-8-6(7)16-4/h2-3,11H,1H3,(H,9,10,12,13). The molecule has 0 radical (unpaired) electrons. The van der Waals surface area contributed by atoms with Gasteiger partial charge in [-0.3, -0.25) is 0 Å². The highest BCUT2D eigenvalue weighted by molar-refractivity contribution is 7.91. The Labute approximate surface area is 105 Å². The van der Waals surface area contributed by atoms with Crippen LogP contribution in [0.15, 0.2) is 10.4 Å². The van der Waals surface area contributed by atoms with Crippen LogP contribution in [-0.4, -0.2) is 34.0 Å². The first-order valence-corrected chi connectivity index (χ1v) is 7.04. The number of rotatable bonds is 4. The van der Waals surface area contributed by atoms with Gasteiger partial charge in [-0.1, -0.05) is 28.2 Å². The maximum Gasteiger partial charge on any atom is 0.252 e. The van der Waals surface area contributed by atoms with E-state index < -0.39 is 16.1 Å². The largest absolute Gasteiger partial charge is 0.252 e. The van der Waals surface area contributed by atoms with Crippen molar-refractivity contribution in [2.75, 3.05) is 0 Å². The van der Waals surface area contributed by atoms with Crippen molar-refractivity contribution in [2.45, 2.75) is 17.2 Å². The maximum atomic E-state index is 11.9. The highest BCUT2D eigenvalue weighted by Crippen LogP contribution is 2.23. The van der Waals surface area contributed by atoms with Crippen LogP contribution in [0.4, 0.5) is 0 Å². The van der Waals surface area contributed by atoms with Gasteiger partial charge in [-0.15, -0.1) is 10.2 Å². The molecule has 8 nitrogen and oxygen atoms in total. The Kier molecular flexibility index (Phi) is 3.38. The van der Waals surface area contributed by atoms with E-state index >= 15 is 0 Å². The number of H-pyrrole nitrogens is 1.